The molecule has 2 aliphatic heterocycles. The van der Waals surface area contributed by atoms with Gasteiger partial charge in [-0.15, -0.1) is 0 Å². The molecule has 4 rings (SSSR count). The molecule has 2 atom stereocenters. The lowest BCUT2D eigenvalue weighted by atomic mass is 10.0. The first-order valence-electron chi connectivity index (χ1n) is 12.1. The molecule has 3 N–H and O–H groups in total. The average molecular weight is 531 g/mol. The topological polar surface area (TPSA) is 93.7 Å². The maximum atomic E-state index is 13.0. The van der Waals surface area contributed by atoms with Gasteiger partial charge in [0.15, 0.2) is 0 Å². The Morgan fingerprint density at radius 1 is 1.33 bits per heavy atom. The van der Waals surface area contributed by atoms with Gasteiger partial charge in [-0.05, 0) is 37.1 Å². The first-order valence-corrected chi connectivity index (χ1v) is 12.9. The summed E-state index contributed by atoms with van der Waals surface area (Å²) in [7, 11) is 0. The molecule has 1 saturated heterocycles. The molecule has 2 aromatic rings. The van der Waals surface area contributed by atoms with Crippen molar-refractivity contribution in [2.45, 2.75) is 45.4 Å². The van der Waals surface area contributed by atoms with Gasteiger partial charge < -0.3 is 30.2 Å². The zero-order valence-electron chi connectivity index (χ0n) is 20.4. The van der Waals surface area contributed by atoms with Crippen LogP contribution in [0, 0.1) is 0 Å². The van der Waals surface area contributed by atoms with Crippen LogP contribution in [0.15, 0.2) is 47.9 Å². The van der Waals surface area contributed by atoms with Gasteiger partial charge in [-0.25, -0.2) is 0 Å². The molecule has 0 bridgehead atoms. The van der Waals surface area contributed by atoms with E-state index in [0.717, 1.165) is 28.9 Å². The summed E-state index contributed by atoms with van der Waals surface area (Å²) in [5.41, 5.74) is 3.86. The summed E-state index contributed by atoms with van der Waals surface area (Å²) >= 11 is 12.1. The predicted octanol–water partition coefficient (Wildman–Crippen LogP) is 3.78. The van der Waals surface area contributed by atoms with Gasteiger partial charge in [0.1, 0.15) is 23.4 Å². The van der Waals surface area contributed by atoms with Crippen molar-refractivity contribution in [2.24, 2.45) is 0 Å². The van der Waals surface area contributed by atoms with Gasteiger partial charge in [0.2, 0.25) is 0 Å². The van der Waals surface area contributed by atoms with Crippen LogP contribution in [0.3, 0.4) is 0 Å². The zero-order valence-corrected chi connectivity index (χ0v) is 22.0. The first-order chi connectivity index (χ1) is 17.5. The molecule has 3 heterocycles. The summed E-state index contributed by atoms with van der Waals surface area (Å²) < 4.78 is 17.1. The number of ether oxygens (including phenoxy) is 3. The fourth-order valence-electron chi connectivity index (χ4n) is 4.22. The van der Waals surface area contributed by atoms with Crippen LogP contribution in [-0.2, 0) is 27.2 Å². The van der Waals surface area contributed by atoms with Crippen LogP contribution < -0.4 is 20.7 Å². The third-order valence-corrected chi connectivity index (χ3v) is 6.70. The predicted molar refractivity (Wildman–Crippen MR) is 143 cm³/mol. The minimum atomic E-state index is -0.213. The molecule has 36 heavy (non-hydrogen) atoms. The quantitative estimate of drug-likeness (QED) is 0.422. The van der Waals surface area contributed by atoms with Crippen molar-refractivity contribution in [3.05, 3.63) is 64.1 Å². The summed E-state index contributed by atoms with van der Waals surface area (Å²) in [5.74, 6) is 0.441. The lowest BCUT2D eigenvalue weighted by Crippen LogP contribution is -2.44. The number of carbonyl (C=O) groups is 1. The van der Waals surface area contributed by atoms with Gasteiger partial charge in [0.25, 0.3) is 5.91 Å². The molecule has 10 heteroatoms. The van der Waals surface area contributed by atoms with Crippen LogP contribution in [0.4, 0.5) is 5.69 Å². The van der Waals surface area contributed by atoms with Crippen molar-refractivity contribution in [3.8, 4) is 5.75 Å². The molecule has 8 nitrogen and oxygen atoms in total. The maximum absolute atomic E-state index is 13.0. The summed E-state index contributed by atoms with van der Waals surface area (Å²) in [6.07, 6.45) is 4.64. The Balaban J connectivity index is 1.51. The molecule has 192 valence electrons. The van der Waals surface area contributed by atoms with Gasteiger partial charge in [-0.1, -0.05) is 36.8 Å². The minimum Gasteiger partial charge on any atom is -0.489 e. The highest BCUT2D eigenvalue weighted by Gasteiger charge is 2.28. The molecule has 2 aliphatic rings. The molecule has 0 radical (unpaired) electrons. The number of pyridine rings is 1. The van der Waals surface area contributed by atoms with Gasteiger partial charge in [-0.2, -0.15) is 0 Å². The molecule has 0 saturated carbocycles. The number of benzene rings is 1. The Kier molecular flexibility index (Phi) is 9.14. The molecule has 0 aliphatic carbocycles. The number of nitrogens with zero attached hydrogens (tertiary/aromatic N) is 1. The number of nitrogens with one attached hydrogen (secondary N) is 3. The summed E-state index contributed by atoms with van der Waals surface area (Å²) in [6, 6.07) is 7.48. The Hall–Kier alpha value is -2.72. The van der Waals surface area contributed by atoms with Crippen molar-refractivity contribution in [1.29, 1.82) is 0 Å². The van der Waals surface area contributed by atoms with E-state index in [9.17, 15) is 4.79 Å². The molecular formula is C26H31ClN4O4S. The number of carbonyl (C=O) groups excluding carboxylic acids is 1. The highest BCUT2D eigenvalue weighted by molar-refractivity contribution is 7.81. The second kappa shape index (κ2) is 12.5. The van der Waals surface area contributed by atoms with E-state index in [1.165, 1.54) is 0 Å². The second-order valence-corrected chi connectivity index (χ2v) is 9.54. The number of amides is 1. The third-order valence-electron chi connectivity index (χ3n) is 6.04. The van der Waals surface area contributed by atoms with Gasteiger partial charge >= 0.3 is 0 Å². The molecule has 1 fully saturated rings. The number of hydrogen-bond acceptors (Lipinski definition) is 7. The van der Waals surface area contributed by atoms with Crippen molar-refractivity contribution in [3.63, 3.8) is 0 Å². The standard InChI is InChI=1S/C26H31ClN4O4S/c1-3-19-20(27)5-4-6-21(19)31-26(36)24-22(11-16(2)30-25(24)32)29-12-17-7-8-28-13-23(17)35-15-18-14-33-9-10-34-18/h4-8,13,16,18,29H,3,9-12,14-15H2,1-2H3,(H,30,32)(H,31,36). The molecule has 0 spiro atoms. The van der Waals surface area contributed by atoms with E-state index >= 15 is 0 Å². The van der Waals surface area contributed by atoms with E-state index in [-0.39, 0.29) is 18.1 Å². The number of rotatable bonds is 9. The number of anilines is 1. The molecular weight excluding hydrogens is 500 g/mol. The maximum Gasteiger partial charge on any atom is 0.256 e. The third kappa shape index (κ3) is 6.53. The normalized spacial score (nSPS) is 20.0. The van der Waals surface area contributed by atoms with E-state index in [2.05, 4.69) is 20.9 Å². The van der Waals surface area contributed by atoms with E-state index in [0.29, 0.717) is 60.7 Å². The number of hydrogen-bond donors (Lipinski definition) is 3. The van der Waals surface area contributed by atoms with Crippen LogP contribution in [0.1, 0.15) is 31.4 Å². The van der Waals surface area contributed by atoms with Crippen molar-refractivity contribution in [2.75, 3.05) is 31.7 Å². The van der Waals surface area contributed by atoms with E-state index in [4.69, 9.17) is 38.0 Å². The van der Waals surface area contributed by atoms with Crippen molar-refractivity contribution >= 4 is 40.4 Å². The van der Waals surface area contributed by atoms with Gasteiger partial charge in [0.05, 0.1) is 31.6 Å². The Bertz CT molecular complexity index is 1140. The fourth-order valence-corrected chi connectivity index (χ4v) is 4.85. The number of aromatic nitrogens is 1. The van der Waals surface area contributed by atoms with Crippen LogP contribution >= 0.6 is 23.8 Å². The SMILES string of the molecule is CCc1c(Cl)cccc1NC(=S)C1=C(NCc2ccncc2OCC2COCCO2)CC(C)NC1=O. The Morgan fingerprint density at radius 3 is 2.97 bits per heavy atom. The van der Waals surface area contributed by atoms with E-state index in [1.54, 1.807) is 12.4 Å². The number of thiocarbonyl (C=S) groups is 1. The van der Waals surface area contributed by atoms with Crippen LogP contribution in [0.2, 0.25) is 5.02 Å². The van der Waals surface area contributed by atoms with Crippen LogP contribution in [0.25, 0.3) is 0 Å². The van der Waals surface area contributed by atoms with Crippen molar-refractivity contribution in [1.82, 2.24) is 15.6 Å². The Labute approximate surface area is 221 Å². The lowest BCUT2D eigenvalue weighted by molar-refractivity contribution is -0.118. The highest BCUT2D eigenvalue weighted by atomic mass is 35.5. The first kappa shape index (κ1) is 26.3. The lowest BCUT2D eigenvalue weighted by Gasteiger charge is -2.28. The average Bonchev–Trinajstić information content (AvgIpc) is 2.87. The Morgan fingerprint density at radius 2 is 2.19 bits per heavy atom. The second-order valence-electron chi connectivity index (χ2n) is 8.72. The highest BCUT2D eigenvalue weighted by Crippen LogP contribution is 2.27. The zero-order chi connectivity index (χ0) is 25.5. The molecule has 1 amide bonds. The summed E-state index contributed by atoms with van der Waals surface area (Å²) in [4.78, 5) is 17.5. The molecule has 1 aromatic carbocycles. The monoisotopic (exact) mass is 530 g/mol. The van der Waals surface area contributed by atoms with Gasteiger partial charge in [-0.3, -0.25) is 9.78 Å². The largest absolute Gasteiger partial charge is 0.489 e. The fraction of sp³-hybridized carbons (Fsp3) is 0.423. The molecule has 1 aromatic heterocycles. The van der Waals surface area contributed by atoms with Crippen LogP contribution in [-0.4, -0.2) is 54.5 Å². The summed E-state index contributed by atoms with van der Waals surface area (Å²) in [5, 5.41) is 10.3. The molecule has 2 unspecified atom stereocenters. The number of halogens is 1. The summed E-state index contributed by atoms with van der Waals surface area (Å²) in [6.45, 7) is 6.49. The van der Waals surface area contributed by atoms with E-state index < -0.39 is 0 Å². The van der Waals surface area contributed by atoms with Crippen molar-refractivity contribution < 1.29 is 19.0 Å². The van der Waals surface area contributed by atoms with Gasteiger partial charge in [0, 0.05) is 47.2 Å². The van der Waals surface area contributed by atoms with E-state index in [1.807, 2.05) is 38.1 Å². The smallest absolute Gasteiger partial charge is 0.256 e. The minimum absolute atomic E-state index is 0.0273. The van der Waals surface area contributed by atoms with Crippen LogP contribution in [0.5, 0.6) is 5.75 Å².